The molecule has 0 aliphatic heterocycles. The quantitative estimate of drug-likeness (QED) is 0.784. The second kappa shape index (κ2) is 5.98. The Hall–Kier alpha value is -1.38. The Morgan fingerprint density at radius 3 is 2.33 bits per heavy atom. The molecule has 2 rings (SSSR count). The maximum absolute atomic E-state index is 12.3. The average Bonchev–Trinajstić information content (AvgIpc) is 2.44. The molecule has 1 radical (unpaired) electrons. The van der Waals surface area contributed by atoms with Gasteiger partial charge in [-0.25, -0.2) is 5.11 Å². The monoisotopic (exact) mass is 242 g/mol. The van der Waals surface area contributed by atoms with E-state index in [9.17, 15) is 5.11 Å². The van der Waals surface area contributed by atoms with Crippen LogP contribution in [-0.4, -0.2) is 24.5 Å². The Bertz CT molecular complexity index is 505. The summed E-state index contributed by atoms with van der Waals surface area (Å²) in [7, 11) is 0. The Morgan fingerprint density at radius 1 is 1.00 bits per heavy atom. The summed E-state index contributed by atoms with van der Waals surface area (Å²) < 4.78 is 0. The zero-order valence-corrected chi connectivity index (χ0v) is 11.1. The molecule has 0 aliphatic carbocycles. The molecule has 2 aromatic carbocycles. The number of nitrogens with zero attached hydrogens (tertiary/aromatic N) is 1. The van der Waals surface area contributed by atoms with Crippen LogP contribution in [-0.2, 0) is 5.11 Å². The molecular formula is C16H20NO. The highest BCUT2D eigenvalue weighted by atomic mass is 16.3. The zero-order chi connectivity index (χ0) is 13.0. The Morgan fingerprint density at radius 2 is 1.67 bits per heavy atom. The highest BCUT2D eigenvalue weighted by molar-refractivity contribution is 5.83. The maximum atomic E-state index is 12.3. The molecule has 0 saturated carbocycles. The standard InChI is InChI=1S/C16H20NO/c1-3-17(4-2)12-16(18)15-10-9-13-7-5-6-8-14(13)11-15/h5-11,16H,3-4,12H2,1-2H3. The summed E-state index contributed by atoms with van der Waals surface area (Å²) >= 11 is 0. The van der Waals surface area contributed by atoms with E-state index < -0.39 is 6.10 Å². The summed E-state index contributed by atoms with van der Waals surface area (Å²) in [6.45, 7) is 6.64. The second-order valence-corrected chi connectivity index (χ2v) is 4.58. The lowest BCUT2D eigenvalue weighted by molar-refractivity contribution is 0.0531. The van der Waals surface area contributed by atoms with E-state index in [0.29, 0.717) is 6.54 Å². The third-order valence-electron chi connectivity index (χ3n) is 3.46. The predicted molar refractivity (Wildman–Crippen MR) is 75.2 cm³/mol. The summed E-state index contributed by atoms with van der Waals surface area (Å²) in [6.07, 6.45) is -0.658. The van der Waals surface area contributed by atoms with E-state index in [0.717, 1.165) is 24.0 Å². The van der Waals surface area contributed by atoms with Gasteiger partial charge in [0.25, 0.3) is 0 Å². The van der Waals surface area contributed by atoms with Gasteiger partial charge in [0.05, 0.1) is 0 Å². The van der Waals surface area contributed by atoms with Crippen molar-refractivity contribution in [1.82, 2.24) is 4.90 Å². The number of rotatable bonds is 5. The summed E-state index contributed by atoms with van der Waals surface area (Å²) in [5.41, 5.74) is 0.889. The SMILES string of the molecule is CCN(CC)CC([O])c1ccc2ccccc2c1. The van der Waals surface area contributed by atoms with Crippen LogP contribution in [0, 0.1) is 0 Å². The third-order valence-corrected chi connectivity index (χ3v) is 3.46. The van der Waals surface area contributed by atoms with Crippen LogP contribution < -0.4 is 0 Å². The lowest BCUT2D eigenvalue weighted by atomic mass is 10.0. The second-order valence-electron chi connectivity index (χ2n) is 4.58. The third kappa shape index (κ3) is 2.89. The van der Waals surface area contributed by atoms with Gasteiger partial charge < -0.3 is 4.90 Å². The molecule has 0 N–H and O–H groups in total. The minimum atomic E-state index is -0.658. The molecule has 0 saturated heterocycles. The molecule has 0 heterocycles. The fourth-order valence-electron chi connectivity index (χ4n) is 2.23. The molecule has 2 nitrogen and oxygen atoms in total. The van der Waals surface area contributed by atoms with Crippen molar-refractivity contribution < 1.29 is 5.11 Å². The van der Waals surface area contributed by atoms with Crippen LogP contribution in [0.1, 0.15) is 25.5 Å². The van der Waals surface area contributed by atoms with E-state index in [1.165, 1.54) is 5.39 Å². The summed E-state index contributed by atoms with van der Waals surface area (Å²) in [5, 5.41) is 14.6. The molecule has 1 unspecified atom stereocenters. The topological polar surface area (TPSA) is 23.1 Å². The highest BCUT2D eigenvalue weighted by Gasteiger charge is 2.13. The van der Waals surface area contributed by atoms with E-state index in [-0.39, 0.29) is 0 Å². The van der Waals surface area contributed by atoms with Crippen LogP contribution in [0.25, 0.3) is 10.8 Å². The molecule has 0 aromatic heterocycles. The Balaban J connectivity index is 2.19. The number of hydrogen-bond donors (Lipinski definition) is 0. The first-order valence-corrected chi connectivity index (χ1v) is 6.61. The molecule has 95 valence electrons. The largest absolute Gasteiger partial charge is 0.301 e. The first kappa shape index (κ1) is 13.1. The van der Waals surface area contributed by atoms with Crippen molar-refractivity contribution in [3.63, 3.8) is 0 Å². The average molecular weight is 242 g/mol. The minimum Gasteiger partial charge on any atom is -0.301 e. The van der Waals surface area contributed by atoms with Crippen molar-refractivity contribution in [3.8, 4) is 0 Å². The summed E-state index contributed by atoms with van der Waals surface area (Å²) in [5.74, 6) is 0. The van der Waals surface area contributed by atoms with Gasteiger partial charge in [-0.05, 0) is 35.5 Å². The zero-order valence-electron chi connectivity index (χ0n) is 11.1. The van der Waals surface area contributed by atoms with Crippen molar-refractivity contribution in [2.24, 2.45) is 0 Å². The molecular weight excluding hydrogens is 222 g/mol. The molecule has 18 heavy (non-hydrogen) atoms. The van der Waals surface area contributed by atoms with Gasteiger partial charge in [0, 0.05) is 6.54 Å². The predicted octanol–water partition coefficient (Wildman–Crippen LogP) is 3.65. The van der Waals surface area contributed by atoms with Crippen molar-refractivity contribution >= 4 is 10.8 Å². The fraction of sp³-hybridized carbons (Fsp3) is 0.375. The van der Waals surface area contributed by atoms with E-state index >= 15 is 0 Å². The van der Waals surface area contributed by atoms with Gasteiger partial charge >= 0.3 is 0 Å². The summed E-state index contributed by atoms with van der Waals surface area (Å²) in [6, 6.07) is 14.2. The van der Waals surface area contributed by atoms with Crippen LogP contribution in [0.15, 0.2) is 42.5 Å². The maximum Gasteiger partial charge on any atom is 0.131 e. The van der Waals surface area contributed by atoms with Gasteiger partial charge in [-0.3, -0.25) is 0 Å². The van der Waals surface area contributed by atoms with Gasteiger partial charge in [-0.15, -0.1) is 0 Å². The smallest absolute Gasteiger partial charge is 0.131 e. The van der Waals surface area contributed by atoms with Gasteiger partial charge in [0.15, 0.2) is 0 Å². The molecule has 1 atom stereocenters. The number of hydrogen-bond acceptors (Lipinski definition) is 1. The highest BCUT2D eigenvalue weighted by Crippen LogP contribution is 2.21. The molecule has 0 spiro atoms. The van der Waals surface area contributed by atoms with Gasteiger partial charge in [-0.1, -0.05) is 50.2 Å². The van der Waals surface area contributed by atoms with E-state index in [4.69, 9.17) is 0 Å². The van der Waals surface area contributed by atoms with Crippen molar-refractivity contribution in [1.29, 1.82) is 0 Å². The minimum absolute atomic E-state index is 0.589. The van der Waals surface area contributed by atoms with Gasteiger partial charge in [0.2, 0.25) is 0 Å². The van der Waals surface area contributed by atoms with Crippen LogP contribution >= 0.6 is 0 Å². The first-order valence-electron chi connectivity index (χ1n) is 6.61. The Labute approximate surface area is 109 Å². The lowest BCUT2D eigenvalue weighted by Crippen LogP contribution is -2.27. The normalized spacial score (nSPS) is 13.1. The summed E-state index contributed by atoms with van der Waals surface area (Å²) in [4.78, 5) is 2.17. The molecule has 0 bridgehead atoms. The van der Waals surface area contributed by atoms with Crippen molar-refractivity contribution in [2.75, 3.05) is 19.6 Å². The lowest BCUT2D eigenvalue weighted by Gasteiger charge is -2.21. The van der Waals surface area contributed by atoms with Gasteiger partial charge in [-0.2, -0.15) is 0 Å². The van der Waals surface area contributed by atoms with Crippen LogP contribution in [0.5, 0.6) is 0 Å². The molecule has 0 fully saturated rings. The molecule has 0 amide bonds. The fourth-order valence-corrected chi connectivity index (χ4v) is 2.23. The molecule has 0 aliphatic rings. The number of benzene rings is 2. The van der Waals surface area contributed by atoms with Crippen LogP contribution in [0.4, 0.5) is 0 Å². The molecule has 2 heteroatoms. The van der Waals surface area contributed by atoms with Crippen LogP contribution in [0.2, 0.25) is 0 Å². The number of fused-ring (bicyclic) bond motifs is 1. The first-order chi connectivity index (χ1) is 8.74. The Kier molecular flexibility index (Phi) is 4.34. The molecule has 2 aromatic rings. The van der Waals surface area contributed by atoms with Crippen molar-refractivity contribution in [3.05, 3.63) is 48.0 Å². The van der Waals surface area contributed by atoms with E-state index in [1.54, 1.807) is 0 Å². The van der Waals surface area contributed by atoms with E-state index in [2.05, 4.69) is 30.9 Å². The van der Waals surface area contributed by atoms with E-state index in [1.807, 2.05) is 30.3 Å². The van der Waals surface area contributed by atoms with Gasteiger partial charge in [0.1, 0.15) is 6.10 Å². The van der Waals surface area contributed by atoms with Crippen LogP contribution in [0.3, 0.4) is 0 Å². The number of likely N-dealkylation sites (N-methyl/N-ethyl adjacent to an activating group) is 1. The van der Waals surface area contributed by atoms with Crippen molar-refractivity contribution in [2.45, 2.75) is 20.0 Å².